The molecule has 1 heterocycles. The molecule has 1 saturated heterocycles. The molecule has 1 atom stereocenters. The van der Waals surface area contributed by atoms with Gasteiger partial charge >= 0.3 is 0 Å². The molecule has 1 aliphatic rings. The van der Waals surface area contributed by atoms with E-state index >= 15 is 0 Å². The van der Waals surface area contributed by atoms with Gasteiger partial charge < -0.3 is 10.2 Å². The van der Waals surface area contributed by atoms with Crippen LogP contribution >= 0.6 is 15.9 Å². The monoisotopic (exact) mass is 296 g/mol. The molecule has 1 fully saturated rings. The van der Waals surface area contributed by atoms with Crippen LogP contribution < -0.4 is 10.2 Å². The Morgan fingerprint density at radius 2 is 2.18 bits per heavy atom. The molecule has 0 aromatic heterocycles. The summed E-state index contributed by atoms with van der Waals surface area (Å²) in [4.78, 5) is 13.8. The van der Waals surface area contributed by atoms with Crippen LogP contribution in [-0.4, -0.2) is 25.5 Å². The molecule has 0 spiro atoms. The Bertz CT molecular complexity index is 385. The average molecular weight is 297 g/mol. The van der Waals surface area contributed by atoms with Gasteiger partial charge in [-0.05, 0) is 43.7 Å². The average Bonchev–Trinajstić information content (AvgIpc) is 2.82. The molecule has 3 nitrogen and oxygen atoms in total. The Morgan fingerprint density at radius 1 is 1.47 bits per heavy atom. The molecule has 0 aliphatic carbocycles. The topological polar surface area (TPSA) is 32.3 Å². The zero-order valence-electron chi connectivity index (χ0n) is 9.95. The van der Waals surface area contributed by atoms with Crippen LogP contribution in [0.25, 0.3) is 0 Å². The van der Waals surface area contributed by atoms with Crippen molar-refractivity contribution in [2.24, 2.45) is 0 Å². The highest BCUT2D eigenvalue weighted by atomic mass is 79.9. The molecule has 1 amide bonds. The first-order chi connectivity index (χ1) is 8.16. The van der Waals surface area contributed by atoms with E-state index in [-0.39, 0.29) is 5.91 Å². The number of hydrogen-bond acceptors (Lipinski definition) is 2. The van der Waals surface area contributed by atoms with Gasteiger partial charge in [-0.2, -0.15) is 0 Å². The van der Waals surface area contributed by atoms with Crippen LogP contribution in [0.3, 0.4) is 0 Å². The molecular formula is C13H17BrN2O. The number of carbonyl (C=O) groups is 1. The number of anilines is 1. The van der Waals surface area contributed by atoms with E-state index in [4.69, 9.17) is 0 Å². The van der Waals surface area contributed by atoms with E-state index in [1.54, 1.807) is 4.90 Å². The predicted molar refractivity (Wildman–Crippen MR) is 73.2 cm³/mol. The number of rotatable bonds is 3. The van der Waals surface area contributed by atoms with Crippen molar-refractivity contribution in [1.29, 1.82) is 0 Å². The van der Waals surface area contributed by atoms with Crippen molar-refractivity contribution >= 4 is 27.5 Å². The Morgan fingerprint density at radius 3 is 2.76 bits per heavy atom. The lowest BCUT2D eigenvalue weighted by Gasteiger charge is -2.19. The molecule has 17 heavy (non-hydrogen) atoms. The molecule has 1 aromatic rings. The van der Waals surface area contributed by atoms with E-state index in [0.717, 1.165) is 23.1 Å². The molecule has 4 heteroatoms. The molecule has 0 bridgehead atoms. The van der Waals surface area contributed by atoms with Crippen molar-refractivity contribution in [3.8, 4) is 0 Å². The molecule has 0 radical (unpaired) electrons. The van der Waals surface area contributed by atoms with Crippen LogP contribution in [0.15, 0.2) is 28.7 Å². The molecule has 1 unspecified atom stereocenters. The summed E-state index contributed by atoms with van der Waals surface area (Å²) in [6.07, 6.45) is 2.88. The second-order valence-corrected chi connectivity index (χ2v) is 5.34. The van der Waals surface area contributed by atoms with E-state index in [2.05, 4.69) is 21.2 Å². The highest BCUT2D eigenvalue weighted by molar-refractivity contribution is 9.10. The normalized spacial score (nSPS) is 19.3. The van der Waals surface area contributed by atoms with Gasteiger partial charge in [-0.15, -0.1) is 0 Å². The number of halogens is 1. The van der Waals surface area contributed by atoms with Gasteiger partial charge in [-0.3, -0.25) is 4.79 Å². The van der Waals surface area contributed by atoms with Gasteiger partial charge in [0.1, 0.15) is 0 Å². The van der Waals surface area contributed by atoms with Crippen LogP contribution in [0.4, 0.5) is 5.69 Å². The molecule has 92 valence electrons. The number of amides is 1. The Kier molecular flexibility index (Phi) is 4.18. The highest BCUT2D eigenvalue weighted by Crippen LogP contribution is 2.19. The third-order valence-electron chi connectivity index (χ3n) is 3.17. The van der Waals surface area contributed by atoms with Gasteiger partial charge in [0.2, 0.25) is 5.91 Å². The summed E-state index contributed by atoms with van der Waals surface area (Å²) in [6, 6.07) is 8.16. The number of nitrogens with zero attached hydrogens (tertiary/aromatic N) is 1. The summed E-state index contributed by atoms with van der Waals surface area (Å²) in [5.74, 6) is 0.173. The van der Waals surface area contributed by atoms with Crippen molar-refractivity contribution in [2.75, 3.05) is 18.5 Å². The quantitative estimate of drug-likeness (QED) is 0.930. The fraction of sp³-hybridized carbons (Fsp3) is 0.462. The Hall–Kier alpha value is -0.870. The van der Waals surface area contributed by atoms with Crippen molar-refractivity contribution in [2.45, 2.75) is 25.3 Å². The summed E-state index contributed by atoms with van der Waals surface area (Å²) in [7, 11) is 1.83. The minimum absolute atomic E-state index is 0.173. The number of hydrogen-bond donors (Lipinski definition) is 1. The minimum Gasteiger partial charge on any atom is -0.315 e. The smallest absolute Gasteiger partial charge is 0.228 e. The van der Waals surface area contributed by atoms with Crippen LogP contribution in [0.5, 0.6) is 0 Å². The predicted octanol–water partition coefficient (Wildman–Crippen LogP) is 2.55. The van der Waals surface area contributed by atoms with E-state index in [0.29, 0.717) is 12.5 Å². The lowest BCUT2D eigenvalue weighted by Crippen LogP contribution is -2.33. The van der Waals surface area contributed by atoms with E-state index in [9.17, 15) is 4.79 Å². The zero-order chi connectivity index (χ0) is 12.3. The van der Waals surface area contributed by atoms with Crippen LogP contribution in [0.2, 0.25) is 0 Å². The Balaban J connectivity index is 1.96. The third kappa shape index (κ3) is 3.30. The molecule has 1 aromatic carbocycles. The SMILES string of the molecule is CN(C(=O)CC1CCCN1)c1ccc(Br)cc1. The summed E-state index contributed by atoms with van der Waals surface area (Å²) in [5, 5.41) is 3.35. The number of nitrogens with one attached hydrogen (secondary N) is 1. The van der Waals surface area contributed by atoms with Gasteiger partial charge in [0.15, 0.2) is 0 Å². The van der Waals surface area contributed by atoms with Gasteiger partial charge in [-0.25, -0.2) is 0 Å². The first-order valence-corrected chi connectivity index (χ1v) is 6.71. The molecular weight excluding hydrogens is 280 g/mol. The zero-order valence-corrected chi connectivity index (χ0v) is 11.5. The van der Waals surface area contributed by atoms with Gasteiger partial charge in [0, 0.05) is 29.7 Å². The first kappa shape index (κ1) is 12.6. The molecule has 2 rings (SSSR count). The molecule has 0 saturated carbocycles. The fourth-order valence-electron chi connectivity index (χ4n) is 2.09. The summed E-state index contributed by atoms with van der Waals surface area (Å²) < 4.78 is 1.03. The van der Waals surface area contributed by atoms with Crippen molar-refractivity contribution in [3.05, 3.63) is 28.7 Å². The lowest BCUT2D eigenvalue weighted by atomic mass is 10.1. The van der Waals surface area contributed by atoms with Crippen molar-refractivity contribution in [3.63, 3.8) is 0 Å². The summed E-state index contributed by atoms with van der Waals surface area (Å²) >= 11 is 3.39. The maximum atomic E-state index is 12.1. The van der Waals surface area contributed by atoms with Gasteiger partial charge in [-0.1, -0.05) is 15.9 Å². The largest absolute Gasteiger partial charge is 0.315 e. The lowest BCUT2D eigenvalue weighted by molar-refractivity contribution is -0.118. The Labute approximate surface area is 110 Å². The van der Waals surface area contributed by atoms with Crippen LogP contribution in [-0.2, 0) is 4.79 Å². The third-order valence-corrected chi connectivity index (χ3v) is 3.70. The second-order valence-electron chi connectivity index (χ2n) is 4.43. The molecule has 1 N–H and O–H groups in total. The van der Waals surface area contributed by atoms with Crippen LogP contribution in [0.1, 0.15) is 19.3 Å². The standard InChI is InChI=1S/C13H17BrN2O/c1-16(12-6-4-10(14)5-7-12)13(17)9-11-3-2-8-15-11/h4-7,11,15H,2-3,8-9H2,1H3. The summed E-state index contributed by atoms with van der Waals surface area (Å²) in [5.41, 5.74) is 0.941. The second kappa shape index (κ2) is 5.65. The van der Waals surface area contributed by atoms with Crippen molar-refractivity contribution in [1.82, 2.24) is 5.32 Å². The maximum Gasteiger partial charge on any atom is 0.228 e. The maximum absolute atomic E-state index is 12.1. The molecule has 1 aliphatic heterocycles. The number of benzene rings is 1. The van der Waals surface area contributed by atoms with E-state index in [1.165, 1.54) is 6.42 Å². The summed E-state index contributed by atoms with van der Waals surface area (Å²) in [6.45, 7) is 1.04. The van der Waals surface area contributed by atoms with Gasteiger partial charge in [0.25, 0.3) is 0 Å². The first-order valence-electron chi connectivity index (χ1n) is 5.92. The highest BCUT2D eigenvalue weighted by Gasteiger charge is 2.20. The number of carbonyl (C=O) groups excluding carboxylic acids is 1. The van der Waals surface area contributed by atoms with Gasteiger partial charge in [0.05, 0.1) is 0 Å². The van der Waals surface area contributed by atoms with Crippen LogP contribution in [0, 0.1) is 0 Å². The van der Waals surface area contributed by atoms with E-state index in [1.807, 2.05) is 31.3 Å². The fourth-order valence-corrected chi connectivity index (χ4v) is 2.35. The van der Waals surface area contributed by atoms with E-state index < -0.39 is 0 Å². The minimum atomic E-state index is 0.173. The van der Waals surface area contributed by atoms with Crippen molar-refractivity contribution < 1.29 is 4.79 Å².